The molecule has 2 rings (SSSR count). The van der Waals surface area contributed by atoms with Crippen LogP contribution in [0.5, 0.6) is 0 Å². The van der Waals surface area contributed by atoms with Gasteiger partial charge in [0, 0.05) is 19.1 Å². The van der Waals surface area contributed by atoms with Crippen LogP contribution in [-0.2, 0) is 9.59 Å². The Morgan fingerprint density at radius 1 is 1.00 bits per heavy atom. The van der Waals surface area contributed by atoms with Gasteiger partial charge in [0.1, 0.15) is 0 Å². The molecule has 1 aliphatic carbocycles. The zero-order chi connectivity index (χ0) is 14.4. The van der Waals surface area contributed by atoms with E-state index >= 15 is 0 Å². The zero-order valence-corrected chi connectivity index (χ0v) is 12.3. The summed E-state index contributed by atoms with van der Waals surface area (Å²) in [6.45, 7) is 1.79. The quantitative estimate of drug-likeness (QED) is 0.758. The molecule has 1 saturated heterocycles. The van der Waals surface area contributed by atoms with Crippen LogP contribution < -0.4 is 11.1 Å². The maximum absolute atomic E-state index is 12.2. The minimum absolute atomic E-state index is 0.0373. The first-order chi connectivity index (χ1) is 9.68. The molecule has 0 radical (unpaired) electrons. The summed E-state index contributed by atoms with van der Waals surface area (Å²) in [6, 6.07) is -0.0532. The van der Waals surface area contributed by atoms with Gasteiger partial charge < -0.3 is 16.0 Å². The lowest BCUT2D eigenvalue weighted by Gasteiger charge is -2.27. The summed E-state index contributed by atoms with van der Waals surface area (Å²) >= 11 is 0. The van der Waals surface area contributed by atoms with Crippen LogP contribution in [0.15, 0.2) is 0 Å². The Morgan fingerprint density at radius 3 is 2.40 bits per heavy atom. The molecule has 0 spiro atoms. The van der Waals surface area contributed by atoms with E-state index in [1.165, 1.54) is 6.42 Å². The summed E-state index contributed by atoms with van der Waals surface area (Å²) in [5, 5.41) is 2.80. The van der Waals surface area contributed by atoms with E-state index in [-0.39, 0.29) is 30.3 Å². The molecule has 5 heteroatoms. The molecule has 3 N–H and O–H groups in total. The van der Waals surface area contributed by atoms with Crippen molar-refractivity contribution < 1.29 is 9.59 Å². The molecular formula is C15H27N3O2. The lowest BCUT2D eigenvalue weighted by molar-refractivity contribution is -0.134. The average molecular weight is 281 g/mol. The van der Waals surface area contributed by atoms with Crippen molar-refractivity contribution in [2.24, 2.45) is 11.7 Å². The van der Waals surface area contributed by atoms with Gasteiger partial charge in [0.2, 0.25) is 11.8 Å². The van der Waals surface area contributed by atoms with E-state index in [2.05, 4.69) is 5.32 Å². The molecule has 2 unspecified atom stereocenters. The summed E-state index contributed by atoms with van der Waals surface area (Å²) in [5.74, 6) is -0.114. The van der Waals surface area contributed by atoms with Crippen molar-refractivity contribution in [1.82, 2.24) is 10.2 Å². The first-order valence-corrected chi connectivity index (χ1v) is 7.99. The van der Waals surface area contributed by atoms with Crippen LogP contribution in [-0.4, -0.2) is 42.4 Å². The highest BCUT2D eigenvalue weighted by Gasteiger charge is 2.27. The molecule has 0 bridgehead atoms. The minimum atomic E-state index is -0.119. The Morgan fingerprint density at radius 2 is 1.65 bits per heavy atom. The Balaban J connectivity index is 1.77. The van der Waals surface area contributed by atoms with E-state index in [0.717, 1.165) is 58.0 Å². The Labute approximate surface area is 121 Å². The highest BCUT2D eigenvalue weighted by atomic mass is 16.2. The normalized spacial score (nSPS) is 27.8. The largest absolute Gasteiger partial charge is 0.347 e. The van der Waals surface area contributed by atoms with Crippen molar-refractivity contribution in [1.29, 1.82) is 0 Å². The second kappa shape index (κ2) is 7.62. The molecule has 2 amide bonds. The third kappa shape index (κ3) is 4.20. The summed E-state index contributed by atoms with van der Waals surface area (Å²) in [6.07, 6.45) is 8.45. The number of rotatable bonds is 3. The van der Waals surface area contributed by atoms with Crippen molar-refractivity contribution >= 4 is 11.8 Å². The molecule has 2 fully saturated rings. The number of nitrogens with one attached hydrogen (secondary N) is 1. The Kier molecular flexibility index (Phi) is 5.83. The Bertz CT molecular complexity index is 340. The van der Waals surface area contributed by atoms with Gasteiger partial charge in [0.25, 0.3) is 0 Å². The SMILES string of the molecule is NC1CCCCCC1C(=O)NCC(=O)N1CCCCC1. The van der Waals surface area contributed by atoms with Crippen LogP contribution >= 0.6 is 0 Å². The highest BCUT2D eigenvalue weighted by Crippen LogP contribution is 2.22. The standard InChI is InChI=1S/C15H27N3O2/c16-13-8-4-1-3-7-12(13)15(20)17-11-14(19)18-9-5-2-6-10-18/h12-13H,1-11,16H2,(H,17,20). The van der Waals surface area contributed by atoms with Gasteiger partial charge in [0.05, 0.1) is 12.5 Å². The lowest BCUT2D eigenvalue weighted by atomic mass is 9.94. The van der Waals surface area contributed by atoms with E-state index in [9.17, 15) is 9.59 Å². The summed E-state index contributed by atoms with van der Waals surface area (Å²) in [7, 11) is 0. The van der Waals surface area contributed by atoms with Crippen molar-refractivity contribution in [2.75, 3.05) is 19.6 Å². The number of amides is 2. The fourth-order valence-corrected chi connectivity index (χ4v) is 3.21. The maximum atomic E-state index is 12.2. The van der Waals surface area contributed by atoms with Crippen molar-refractivity contribution in [3.63, 3.8) is 0 Å². The van der Waals surface area contributed by atoms with E-state index in [0.29, 0.717) is 0 Å². The number of carbonyl (C=O) groups excluding carboxylic acids is 2. The molecule has 0 aromatic heterocycles. The predicted octanol–water partition coefficient (Wildman–Crippen LogP) is 1.02. The molecule has 0 aromatic carbocycles. The minimum Gasteiger partial charge on any atom is -0.347 e. The van der Waals surface area contributed by atoms with E-state index in [4.69, 9.17) is 5.73 Å². The van der Waals surface area contributed by atoms with Gasteiger partial charge in [-0.25, -0.2) is 0 Å². The molecule has 20 heavy (non-hydrogen) atoms. The number of nitrogens with zero attached hydrogens (tertiary/aromatic N) is 1. The first kappa shape index (κ1) is 15.3. The molecule has 114 valence electrons. The smallest absolute Gasteiger partial charge is 0.241 e. The van der Waals surface area contributed by atoms with Gasteiger partial charge in [-0.2, -0.15) is 0 Å². The fraction of sp³-hybridized carbons (Fsp3) is 0.867. The molecule has 2 atom stereocenters. The van der Waals surface area contributed by atoms with Gasteiger partial charge in [-0.1, -0.05) is 19.3 Å². The molecule has 1 saturated carbocycles. The van der Waals surface area contributed by atoms with Crippen LogP contribution in [0.2, 0.25) is 0 Å². The number of hydrogen-bond acceptors (Lipinski definition) is 3. The zero-order valence-electron chi connectivity index (χ0n) is 12.3. The third-order valence-electron chi connectivity index (χ3n) is 4.53. The van der Waals surface area contributed by atoms with Crippen LogP contribution in [0.25, 0.3) is 0 Å². The molecule has 0 aromatic rings. The van der Waals surface area contributed by atoms with Crippen LogP contribution in [0.4, 0.5) is 0 Å². The lowest BCUT2D eigenvalue weighted by Crippen LogP contribution is -2.46. The Hall–Kier alpha value is -1.10. The number of piperidine rings is 1. The number of nitrogens with two attached hydrogens (primary N) is 1. The predicted molar refractivity (Wildman–Crippen MR) is 78.0 cm³/mol. The van der Waals surface area contributed by atoms with Crippen molar-refractivity contribution in [3.8, 4) is 0 Å². The van der Waals surface area contributed by atoms with Gasteiger partial charge in [-0.05, 0) is 32.1 Å². The molecule has 2 aliphatic rings. The van der Waals surface area contributed by atoms with E-state index in [1.54, 1.807) is 0 Å². The second-order valence-electron chi connectivity index (χ2n) is 6.07. The number of hydrogen-bond donors (Lipinski definition) is 2. The summed E-state index contributed by atoms with van der Waals surface area (Å²) in [5.41, 5.74) is 6.07. The molecular weight excluding hydrogens is 254 g/mol. The average Bonchev–Trinajstić information content (AvgIpc) is 2.70. The van der Waals surface area contributed by atoms with Gasteiger partial charge in [-0.15, -0.1) is 0 Å². The fourth-order valence-electron chi connectivity index (χ4n) is 3.21. The highest BCUT2D eigenvalue weighted by molar-refractivity contribution is 5.86. The van der Waals surface area contributed by atoms with Crippen molar-refractivity contribution in [2.45, 2.75) is 57.4 Å². The third-order valence-corrected chi connectivity index (χ3v) is 4.53. The van der Waals surface area contributed by atoms with Gasteiger partial charge in [0.15, 0.2) is 0 Å². The monoisotopic (exact) mass is 281 g/mol. The molecule has 1 heterocycles. The summed E-state index contributed by atoms with van der Waals surface area (Å²) < 4.78 is 0. The first-order valence-electron chi connectivity index (χ1n) is 7.99. The topological polar surface area (TPSA) is 75.4 Å². The van der Waals surface area contributed by atoms with E-state index in [1.807, 2.05) is 4.90 Å². The van der Waals surface area contributed by atoms with E-state index < -0.39 is 0 Å². The number of carbonyl (C=O) groups is 2. The van der Waals surface area contributed by atoms with Crippen molar-refractivity contribution in [3.05, 3.63) is 0 Å². The second-order valence-corrected chi connectivity index (χ2v) is 6.07. The number of likely N-dealkylation sites (tertiary alicyclic amines) is 1. The molecule has 5 nitrogen and oxygen atoms in total. The van der Waals surface area contributed by atoms with Crippen LogP contribution in [0.1, 0.15) is 51.4 Å². The molecule has 1 aliphatic heterocycles. The van der Waals surface area contributed by atoms with Gasteiger partial charge >= 0.3 is 0 Å². The summed E-state index contributed by atoms with van der Waals surface area (Å²) in [4.78, 5) is 26.1. The van der Waals surface area contributed by atoms with Gasteiger partial charge in [-0.3, -0.25) is 9.59 Å². The van der Waals surface area contributed by atoms with Crippen LogP contribution in [0, 0.1) is 5.92 Å². The maximum Gasteiger partial charge on any atom is 0.241 e. The van der Waals surface area contributed by atoms with Crippen LogP contribution in [0.3, 0.4) is 0 Å².